The van der Waals surface area contributed by atoms with Crippen LogP contribution in [0, 0.1) is 13.8 Å². The summed E-state index contributed by atoms with van der Waals surface area (Å²) in [5, 5.41) is 0. The van der Waals surface area contributed by atoms with Gasteiger partial charge in [-0.2, -0.15) is 0 Å². The van der Waals surface area contributed by atoms with Crippen LogP contribution in [0.2, 0.25) is 0 Å². The molecular formula is C13H14BrNO. The van der Waals surface area contributed by atoms with Gasteiger partial charge in [-0.1, -0.05) is 23.8 Å². The summed E-state index contributed by atoms with van der Waals surface area (Å²) in [6, 6.07) is 7.92. The third-order valence-corrected chi connectivity index (χ3v) is 3.35. The molecule has 1 unspecified atom stereocenters. The van der Waals surface area contributed by atoms with Crippen LogP contribution in [0.25, 0.3) is 0 Å². The van der Waals surface area contributed by atoms with Crippen molar-refractivity contribution in [3.63, 3.8) is 0 Å². The molecule has 0 bridgehead atoms. The summed E-state index contributed by atoms with van der Waals surface area (Å²) < 4.78 is 6.32. The predicted molar refractivity (Wildman–Crippen MR) is 68.4 cm³/mol. The molecule has 0 aliphatic carbocycles. The zero-order chi connectivity index (χ0) is 11.7. The smallest absolute Gasteiger partial charge is 0.139 e. The lowest BCUT2D eigenvalue weighted by atomic mass is 9.98. The summed E-state index contributed by atoms with van der Waals surface area (Å²) in [5.74, 6) is 0.772. The van der Waals surface area contributed by atoms with E-state index in [9.17, 15) is 0 Å². The third kappa shape index (κ3) is 2.06. The Balaban J connectivity index is 2.45. The summed E-state index contributed by atoms with van der Waals surface area (Å²) in [6.07, 6.45) is 1.64. The van der Waals surface area contributed by atoms with E-state index < -0.39 is 0 Å². The van der Waals surface area contributed by atoms with E-state index in [0.29, 0.717) is 0 Å². The summed E-state index contributed by atoms with van der Waals surface area (Å²) in [5.41, 5.74) is 9.70. The van der Waals surface area contributed by atoms with Gasteiger partial charge in [-0.25, -0.2) is 0 Å². The van der Waals surface area contributed by atoms with Crippen LogP contribution in [0.3, 0.4) is 0 Å². The molecule has 2 rings (SSSR count). The van der Waals surface area contributed by atoms with Crippen molar-refractivity contribution in [1.29, 1.82) is 0 Å². The average Bonchev–Trinajstić information content (AvgIpc) is 2.67. The van der Waals surface area contributed by atoms with E-state index in [1.54, 1.807) is 6.26 Å². The zero-order valence-corrected chi connectivity index (χ0v) is 10.9. The van der Waals surface area contributed by atoms with E-state index in [1.807, 2.05) is 6.07 Å². The van der Waals surface area contributed by atoms with Crippen LogP contribution in [0.5, 0.6) is 0 Å². The Kier molecular flexibility index (Phi) is 3.17. The molecular weight excluding hydrogens is 266 g/mol. The fourth-order valence-electron chi connectivity index (χ4n) is 1.76. The summed E-state index contributed by atoms with van der Waals surface area (Å²) >= 11 is 3.43. The van der Waals surface area contributed by atoms with E-state index in [2.05, 4.69) is 48.0 Å². The SMILES string of the molecule is Cc1ccc(C)c(C(N)c2occc2Br)c1. The Hall–Kier alpha value is -1.06. The van der Waals surface area contributed by atoms with Crippen molar-refractivity contribution in [3.8, 4) is 0 Å². The van der Waals surface area contributed by atoms with Gasteiger partial charge in [0.25, 0.3) is 0 Å². The normalized spacial score (nSPS) is 12.8. The Morgan fingerprint density at radius 3 is 2.62 bits per heavy atom. The first-order valence-corrected chi connectivity index (χ1v) is 5.94. The molecule has 1 atom stereocenters. The zero-order valence-electron chi connectivity index (χ0n) is 9.33. The Bertz CT molecular complexity index is 504. The number of aryl methyl sites for hydroxylation is 2. The van der Waals surface area contributed by atoms with Gasteiger partial charge >= 0.3 is 0 Å². The molecule has 1 heterocycles. The van der Waals surface area contributed by atoms with Gasteiger partial charge < -0.3 is 10.2 Å². The number of hydrogen-bond acceptors (Lipinski definition) is 2. The molecule has 2 N–H and O–H groups in total. The molecule has 0 radical (unpaired) electrons. The third-order valence-electron chi connectivity index (χ3n) is 2.70. The van der Waals surface area contributed by atoms with Gasteiger partial charge in [0.1, 0.15) is 5.76 Å². The second-order valence-corrected chi connectivity index (χ2v) is 4.82. The fourth-order valence-corrected chi connectivity index (χ4v) is 2.21. The molecule has 2 nitrogen and oxygen atoms in total. The molecule has 3 heteroatoms. The van der Waals surface area contributed by atoms with Crippen molar-refractivity contribution in [2.24, 2.45) is 5.73 Å². The predicted octanol–water partition coefficient (Wildman–Crippen LogP) is 3.71. The summed E-state index contributed by atoms with van der Waals surface area (Å²) in [7, 11) is 0. The van der Waals surface area contributed by atoms with Gasteiger partial charge in [0, 0.05) is 0 Å². The fraction of sp³-hybridized carbons (Fsp3) is 0.231. The van der Waals surface area contributed by atoms with Crippen molar-refractivity contribution >= 4 is 15.9 Å². The lowest BCUT2D eigenvalue weighted by Gasteiger charge is -2.13. The Morgan fingerprint density at radius 2 is 2.00 bits per heavy atom. The lowest BCUT2D eigenvalue weighted by molar-refractivity contribution is 0.487. The molecule has 0 aliphatic rings. The van der Waals surface area contributed by atoms with Crippen molar-refractivity contribution < 1.29 is 4.42 Å². The molecule has 0 fully saturated rings. The largest absolute Gasteiger partial charge is 0.466 e. The Labute approximate surface area is 104 Å². The van der Waals surface area contributed by atoms with Crippen LogP contribution in [0.1, 0.15) is 28.5 Å². The molecule has 0 saturated heterocycles. The molecule has 1 aromatic carbocycles. The molecule has 0 spiro atoms. The van der Waals surface area contributed by atoms with Crippen LogP contribution >= 0.6 is 15.9 Å². The first-order chi connectivity index (χ1) is 7.59. The number of nitrogens with two attached hydrogens (primary N) is 1. The van der Waals surface area contributed by atoms with Crippen LogP contribution in [-0.4, -0.2) is 0 Å². The maximum absolute atomic E-state index is 6.21. The van der Waals surface area contributed by atoms with Gasteiger partial charge in [0.05, 0.1) is 16.8 Å². The number of halogens is 1. The lowest BCUT2D eigenvalue weighted by Crippen LogP contribution is -2.13. The summed E-state index contributed by atoms with van der Waals surface area (Å²) in [4.78, 5) is 0. The highest BCUT2D eigenvalue weighted by Crippen LogP contribution is 2.29. The van der Waals surface area contributed by atoms with E-state index in [0.717, 1.165) is 15.8 Å². The molecule has 0 saturated carbocycles. The standard InChI is InChI=1S/C13H14BrNO/c1-8-3-4-9(2)10(7-8)12(15)13-11(14)5-6-16-13/h3-7,12H,15H2,1-2H3. The van der Waals surface area contributed by atoms with E-state index in [1.165, 1.54) is 11.1 Å². The first kappa shape index (κ1) is 11.4. The molecule has 0 aliphatic heterocycles. The van der Waals surface area contributed by atoms with Crippen LogP contribution in [0.15, 0.2) is 39.4 Å². The maximum Gasteiger partial charge on any atom is 0.139 e. The van der Waals surface area contributed by atoms with Gasteiger partial charge in [-0.05, 0) is 47.0 Å². The average molecular weight is 280 g/mol. The second-order valence-electron chi connectivity index (χ2n) is 3.97. The molecule has 84 valence electrons. The van der Waals surface area contributed by atoms with E-state index in [-0.39, 0.29) is 6.04 Å². The highest BCUT2D eigenvalue weighted by Gasteiger charge is 2.17. The molecule has 0 amide bonds. The number of benzene rings is 1. The summed E-state index contributed by atoms with van der Waals surface area (Å²) in [6.45, 7) is 4.12. The second kappa shape index (κ2) is 4.44. The monoisotopic (exact) mass is 279 g/mol. The van der Waals surface area contributed by atoms with Gasteiger partial charge in [-0.15, -0.1) is 0 Å². The van der Waals surface area contributed by atoms with Crippen LogP contribution < -0.4 is 5.73 Å². The van der Waals surface area contributed by atoms with Gasteiger partial charge in [0.2, 0.25) is 0 Å². The number of hydrogen-bond donors (Lipinski definition) is 1. The van der Waals surface area contributed by atoms with Crippen LogP contribution in [-0.2, 0) is 0 Å². The molecule has 16 heavy (non-hydrogen) atoms. The van der Waals surface area contributed by atoms with Gasteiger partial charge in [-0.3, -0.25) is 0 Å². The van der Waals surface area contributed by atoms with Crippen molar-refractivity contribution in [2.75, 3.05) is 0 Å². The van der Waals surface area contributed by atoms with Crippen molar-refractivity contribution in [3.05, 3.63) is 57.5 Å². The first-order valence-electron chi connectivity index (χ1n) is 5.15. The molecule has 1 aromatic heterocycles. The van der Waals surface area contributed by atoms with Gasteiger partial charge in [0.15, 0.2) is 0 Å². The van der Waals surface area contributed by atoms with E-state index >= 15 is 0 Å². The number of rotatable bonds is 2. The van der Waals surface area contributed by atoms with Crippen molar-refractivity contribution in [1.82, 2.24) is 0 Å². The number of furan rings is 1. The highest BCUT2D eigenvalue weighted by molar-refractivity contribution is 9.10. The topological polar surface area (TPSA) is 39.2 Å². The minimum Gasteiger partial charge on any atom is -0.466 e. The van der Waals surface area contributed by atoms with Crippen molar-refractivity contribution in [2.45, 2.75) is 19.9 Å². The van der Waals surface area contributed by atoms with E-state index in [4.69, 9.17) is 10.2 Å². The quantitative estimate of drug-likeness (QED) is 0.910. The Morgan fingerprint density at radius 1 is 1.25 bits per heavy atom. The van der Waals surface area contributed by atoms with Crippen LogP contribution in [0.4, 0.5) is 0 Å². The minimum absolute atomic E-state index is 0.218. The highest BCUT2D eigenvalue weighted by atomic mass is 79.9. The maximum atomic E-state index is 6.21. The molecule has 2 aromatic rings. The minimum atomic E-state index is -0.218.